The predicted molar refractivity (Wildman–Crippen MR) is 121 cm³/mol. The third-order valence-corrected chi connectivity index (χ3v) is 9.22. The van der Waals surface area contributed by atoms with Gasteiger partial charge < -0.3 is 9.84 Å². The molecule has 8 nitrogen and oxygen atoms in total. The van der Waals surface area contributed by atoms with Crippen molar-refractivity contribution in [3.63, 3.8) is 0 Å². The van der Waals surface area contributed by atoms with Crippen molar-refractivity contribution in [2.24, 2.45) is 5.92 Å². The summed E-state index contributed by atoms with van der Waals surface area (Å²) < 4.78 is 33.3. The maximum Gasteiger partial charge on any atom is 0.252 e. The first kappa shape index (κ1) is 21.3. The van der Waals surface area contributed by atoms with Gasteiger partial charge in [0.1, 0.15) is 4.21 Å². The summed E-state index contributed by atoms with van der Waals surface area (Å²) in [5.41, 5.74) is 2.49. The molecule has 0 bridgehead atoms. The van der Waals surface area contributed by atoms with Crippen molar-refractivity contribution < 1.29 is 17.7 Å². The molecule has 0 atom stereocenters. The molecule has 1 amide bonds. The molecule has 5 rings (SSSR count). The highest BCUT2D eigenvalue weighted by Gasteiger charge is 2.34. The molecule has 1 saturated heterocycles. The van der Waals surface area contributed by atoms with E-state index in [2.05, 4.69) is 15.5 Å². The number of thiophene rings is 1. The number of hydrogen-bond acceptors (Lipinski definition) is 7. The Morgan fingerprint density at radius 1 is 1.19 bits per heavy atom. The van der Waals surface area contributed by atoms with Gasteiger partial charge in [0.15, 0.2) is 0 Å². The number of carbonyl (C=O) groups is 1. The topological polar surface area (TPSA) is 105 Å². The summed E-state index contributed by atoms with van der Waals surface area (Å²) in [5, 5.41) is 8.68. The van der Waals surface area contributed by atoms with Crippen LogP contribution < -0.4 is 5.32 Å². The lowest BCUT2D eigenvalue weighted by atomic mass is 9.97. The molecule has 1 aliphatic carbocycles. The van der Waals surface area contributed by atoms with Crippen LogP contribution in [0.3, 0.4) is 0 Å². The smallest absolute Gasteiger partial charge is 0.252 e. The third kappa shape index (κ3) is 4.35. The van der Waals surface area contributed by atoms with E-state index in [0.29, 0.717) is 49.1 Å². The molecule has 168 valence electrons. The molecule has 1 N–H and O–H groups in total. The number of hydrogen-bond donors (Lipinski definition) is 1. The lowest BCUT2D eigenvalue weighted by Crippen LogP contribution is -2.41. The van der Waals surface area contributed by atoms with Gasteiger partial charge in [-0.3, -0.25) is 4.79 Å². The number of anilines is 1. The van der Waals surface area contributed by atoms with Gasteiger partial charge in [-0.05, 0) is 56.4 Å². The molecule has 2 aliphatic rings. The standard InChI is InChI=1S/C22H24N4O4S2/c1-14-3-2-4-18(11-14)23-21(27)15-7-9-26(10-8-15)32(28,29)19-12-17(13-31-19)20-24-22(30-25-20)16-5-6-16/h2-4,11-13,15-16H,5-10H2,1H3,(H,23,27). The molecule has 2 aromatic heterocycles. The summed E-state index contributed by atoms with van der Waals surface area (Å²) in [7, 11) is -3.63. The number of nitrogens with zero attached hydrogens (tertiary/aromatic N) is 3. The average molecular weight is 473 g/mol. The number of rotatable bonds is 6. The molecule has 1 saturated carbocycles. The number of nitrogens with one attached hydrogen (secondary N) is 1. The van der Waals surface area contributed by atoms with Crippen LogP contribution in [0.25, 0.3) is 11.4 Å². The summed E-state index contributed by atoms with van der Waals surface area (Å²) in [4.78, 5) is 17.0. The van der Waals surface area contributed by atoms with Crippen LogP contribution in [0.4, 0.5) is 5.69 Å². The zero-order valence-electron chi connectivity index (χ0n) is 17.7. The van der Waals surface area contributed by atoms with Crippen molar-refractivity contribution >= 4 is 33.0 Å². The maximum atomic E-state index is 13.1. The minimum Gasteiger partial charge on any atom is -0.339 e. The molecule has 0 unspecified atom stereocenters. The van der Waals surface area contributed by atoms with Crippen molar-refractivity contribution in [3.05, 3.63) is 47.2 Å². The van der Waals surface area contributed by atoms with Gasteiger partial charge in [0.05, 0.1) is 0 Å². The van der Waals surface area contributed by atoms with Gasteiger partial charge >= 0.3 is 0 Å². The van der Waals surface area contributed by atoms with Gasteiger partial charge in [0.2, 0.25) is 17.6 Å². The number of piperidine rings is 1. The Morgan fingerprint density at radius 3 is 2.69 bits per heavy atom. The van der Waals surface area contributed by atoms with E-state index in [1.165, 1.54) is 4.31 Å². The van der Waals surface area contributed by atoms with E-state index >= 15 is 0 Å². The van der Waals surface area contributed by atoms with Crippen molar-refractivity contribution in [2.45, 2.75) is 42.7 Å². The summed E-state index contributed by atoms with van der Waals surface area (Å²) in [5.74, 6) is 1.14. The Bertz CT molecular complexity index is 1240. The average Bonchev–Trinajstić information content (AvgIpc) is 3.30. The molecule has 2 fully saturated rings. The van der Waals surface area contributed by atoms with Crippen LogP contribution in [0.1, 0.15) is 43.1 Å². The van der Waals surface area contributed by atoms with Crippen LogP contribution in [-0.2, 0) is 14.8 Å². The largest absolute Gasteiger partial charge is 0.339 e. The van der Waals surface area contributed by atoms with Crippen LogP contribution in [0.15, 0.2) is 44.4 Å². The summed E-state index contributed by atoms with van der Waals surface area (Å²) in [6.07, 6.45) is 3.10. The molecule has 10 heteroatoms. The molecule has 32 heavy (non-hydrogen) atoms. The predicted octanol–water partition coefficient (Wildman–Crippen LogP) is 4.02. The molecule has 0 radical (unpaired) electrons. The Hall–Kier alpha value is -2.56. The Labute approximate surface area is 190 Å². The second-order valence-electron chi connectivity index (χ2n) is 8.42. The van der Waals surface area contributed by atoms with E-state index in [4.69, 9.17) is 4.52 Å². The molecule has 1 aliphatic heterocycles. The number of sulfonamides is 1. The second kappa shape index (κ2) is 8.42. The van der Waals surface area contributed by atoms with Gasteiger partial charge in [-0.2, -0.15) is 9.29 Å². The van der Waals surface area contributed by atoms with Crippen LogP contribution in [0, 0.1) is 12.8 Å². The lowest BCUT2D eigenvalue weighted by molar-refractivity contribution is -0.120. The van der Waals surface area contributed by atoms with E-state index in [-0.39, 0.29) is 16.0 Å². The van der Waals surface area contributed by atoms with E-state index in [0.717, 1.165) is 35.4 Å². The minimum absolute atomic E-state index is 0.0605. The van der Waals surface area contributed by atoms with E-state index in [1.54, 1.807) is 11.4 Å². The third-order valence-electron chi connectivity index (χ3n) is 5.91. The monoisotopic (exact) mass is 472 g/mol. The zero-order valence-corrected chi connectivity index (χ0v) is 19.3. The van der Waals surface area contributed by atoms with Gasteiger partial charge in [-0.1, -0.05) is 17.3 Å². The lowest BCUT2D eigenvalue weighted by Gasteiger charge is -2.30. The quantitative estimate of drug-likeness (QED) is 0.581. The zero-order chi connectivity index (χ0) is 22.3. The Kier molecular flexibility index (Phi) is 5.60. The van der Waals surface area contributed by atoms with Gasteiger partial charge in [0, 0.05) is 41.6 Å². The first-order chi connectivity index (χ1) is 15.4. The number of aryl methyl sites for hydroxylation is 1. The van der Waals surface area contributed by atoms with Crippen molar-refractivity contribution in [3.8, 4) is 11.4 Å². The maximum absolute atomic E-state index is 13.1. The highest BCUT2D eigenvalue weighted by atomic mass is 32.2. The van der Waals surface area contributed by atoms with Crippen molar-refractivity contribution in [2.75, 3.05) is 18.4 Å². The number of benzene rings is 1. The number of amides is 1. The van der Waals surface area contributed by atoms with Crippen molar-refractivity contribution in [1.82, 2.24) is 14.4 Å². The molecule has 1 aromatic carbocycles. The number of aromatic nitrogens is 2. The fraction of sp³-hybridized carbons (Fsp3) is 0.409. The number of carbonyl (C=O) groups excluding carboxylic acids is 1. The molecule has 3 heterocycles. The van der Waals surface area contributed by atoms with Crippen LogP contribution >= 0.6 is 11.3 Å². The molecule has 0 spiro atoms. The van der Waals surface area contributed by atoms with E-state index in [1.807, 2.05) is 31.2 Å². The highest BCUT2D eigenvalue weighted by Crippen LogP contribution is 2.40. The van der Waals surface area contributed by atoms with E-state index in [9.17, 15) is 13.2 Å². The first-order valence-electron chi connectivity index (χ1n) is 10.7. The normalized spacial score (nSPS) is 18.0. The minimum atomic E-state index is -3.63. The SMILES string of the molecule is Cc1cccc(NC(=O)C2CCN(S(=O)(=O)c3cc(-c4noc(C5CC5)n4)cs3)CC2)c1. The Balaban J connectivity index is 1.22. The van der Waals surface area contributed by atoms with Crippen LogP contribution in [0.2, 0.25) is 0 Å². The van der Waals surface area contributed by atoms with E-state index < -0.39 is 10.0 Å². The summed E-state index contributed by atoms with van der Waals surface area (Å²) in [6.45, 7) is 2.60. The molecular formula is C22H24N4O4S2. The Morgan fingerprint density at radius 2 is 1.97 bits per heavy atom. The first-order valence-corrected chi connectivity index (χ1v) is 13.0. The van der Waals surface area contributed by atoms with Crippen LogP contribution in [0.5, 0.6) is 0 Å². The van der Waals surface area contributed by atoms with Crippen LogP contribution in [-0.4, -0.2) is 41.9 Å². The van der Waals surface area contributed by atoms with Gasteiger partial charge in [0.25, 0.3) is 10.0 Å². The molecular weight excluding hydrogens is 448 g/mol. The molecule has 3 aromatic rings. The highest BCUT2D eigenvalue weighted by molar-refractivity contribution is 7.91. The fourth-order valence-corrected chi connectivity index (χ4v) is 6.65. The van der Waals surface area contributed by atoms with Gasteiger partial charge in [-0.25, -0.2) is 8.42 Å². The van der Waals surface area contributed by atoms with Crippen molar-refractivity contribution in [1.29, 1.82) is 0 Å². The summed E-state index contributed by atoms with van der Waals surface area (Å²) in [6, 6.07) is 9.26. The fourth-order valence-electron chi connectivity index (χ4n) is 3.87. The second-order valence-corrected chi connectivity index (χ2v) is 11.5. The van der Waals surface area contributed by atoms with Gasteiger partial charge in [-0.15, -0.1) is 11.3 Å². The summed E-state index contributed by atoms with van der Waals surface area (Å²) >= 11 is 1.16.